The summed E-state index contributed by atoms with van der Waals surface area (Å²) < 4.78 is 13.8. The molecule has 2 nitrogen and oxygen atoms in total. The van der Waals surface area contributed by atoms with Crippen LogP contribution < -0.4 is 5.73 Å². The molecule has 1 aliphatic heterocycles. The number of nitrogens with two attached hydrogens (primary N) is 1. The molecule has 1 fully saturated rings. The van der Waals surface area contributed by atoms with Crippen molar-refractivity contribution in [3.8, 4) is 0 Å². The Morgan fingerprint density at radius 2 is 2.24 bits per heavy atom. The maximum Gasteiger partial charge on any atom is 0.150 e. The Kier molecular flexibility index (Phi) is 4.00. The molecule has 1 aliphatic rings. The molecule has 94 valence electrons. The van der Waals surface area contributed by atoms with Gasteiger partial charge in [-0.15, -0.1) is 0 Å². The molecule has 1 aromatic rings. The lowest BCUT2D eigenvalue weighted by atomic mass is 9.99. The minimum atomic E-state index is -0.243. The van der Waals surface area contributed by atoms with Gasteiger partial charge in [0.1, 0.15) is 0 Å². The summed E-state index contributed by atoms with van der Waals surface area (Å²) in [6.45, 7) is 3.97. The molecule has 1 atom stereocenters. The monoisotopic (exact) mass is 236 g/mol. The molecule has 2 rings (SSSR count). The molecule has 1 aromatic carbocycles. The maximum atomic E-state index is 13.8. The van der Waals surface area contributed by atoms with Crippen LogP contribution in [0.25, 0.3) is 0 Å². The molecule has 3 heteroatoms. The average Bonchev–Trinajstić information content (AvgIpc) is 2.35. The predicted molar refractivity (Wildman–Crippen MR) is 69.2 cm³/mol. The molecule has 0 radical (unpaired) electrons. The number of nitrogens with zero attached hydrogens (tertiary/aromatic N) is 1. The smallest absolute Gasteiger partial charge is 0.150 e. The van der Waals surface area contributed by atoms with Crippen molar-refractivity contribution in [2.45, 2.75) is 45.2 Å². The van der Waals surface area contributed by atoms with Gasteiger partial charge in [0.25, 0.3) is 0 Å². The van der Waals surface area contributed by atoms with Gasteiger partial charge in [0, 0.05) is 18.2 Å². The lowest BCUT2D eigenvalue weighted by Crippen LogP contribution is -2.38. The molecule has 0 aliphatic carbocycles. The highest BCUT2D eigenvalue weighted by atomic mass is 19.1. The summed E-state index contributed by atoms with van der Waals surface area (Å²) in [5, 5.41) is 0. The lowest BCUT2D eigenvalue weighted by Gasteiger charge is -2.35. The minimum absolute atomic E-state index is 0.243. The number of halogens is 1. The van der Waals surface area contributed by atoms with Crippen LogP contribution in [0, 0.1) is 5.82 Å². The van der Waals surface area contributed by atoms with E-state index < -0.39 is 0 Å². The topological polar surface area (TPSA) is 29.3 Å². The van der Waals surface area contributed by atoms with E-state index in [1.54, 1.807) is 6.07 Å². The molecule has 1 saturated heterocycles. The van der Waals surface area contributed by atoms with Crippen LogP contribution in [0.4, 0.5) is 10.1 Å². The van der Waals surface area contributed by atoms with Crippen LogP contribution >= 0.6 is 0 Å². The van der Waals surface area contributed by atoms with E-state index in [1.165, 1.54) is 19.3 Å². The SMILES string of the molecule is CCC1CCCCN1Cc1cccc(N)c1F. The Morgan fingerprint density at radius 1 is 1.41 bits per heavy atom. The highest BCUT2D eigenvalue weighted by molar-refractivity contribution is 5.42. The standard InChI is InChI=1S/C14H21FN2/c1-2-12-7-3-4-9-17(12)10-11-6-5-8-13(16)14(11)15/h5-6,8,12H,2-4,7,9-10,16H2,1H3. The van der Waals surface area contributed by atoms with Crippen LogP contribution in [0.1, 0.15) is 38.2 Å². The second kappa shape index (κ2) is 5.50. The molecule has 0 amide bonds. The molecule has 0 saturated carbocycles. The third-order valence-corrected chi connectivity index (χ3v) is 3.70. The molecule has 1 unspecified atom stereocenters. The normalized spacial score (nSPS) is 21.6. The number of nitrogen functional groups attached to an aromatic ring is 1. The fourth-order valence-corrected chi connectivity index (χ4v) is 2.67. The Hall–Kier alpha value is -1.09. The summed E-state index contributed by atoms with van der Waals surface area (Å²) in [5.41, 5.74) is 6.58. The van der Waals surface area contributed by atoms with Gasteiger partial charge >= 0.3 is 0 Å². The van der Waals surface area contributed by atoms with E-state index in [4.69, 9.17) is 5.73 Å². The third-order valence-electron chi connectivity index (χ3n) is 3.70. The summed E-state index contributed by atoms with van der Waals surface area (Å²) >= 11 is 0. The van der Waals surface area contributed by atoms with E-state index in [9.17, 15) is 4.39 Å². The van der Waals surface area contributed by atoms with Gasteiger partial charge in [-0.3, -0.25) is 4.90 Å². The first-order valence-corrected chi connectivity index (χ1v) is 6.49. The van der Waals surface area contributed by atoms with Gasteiger partial charge in [0.15, 0.2) is 5.82 Å². The highest BCUT2D eigenvalue weighted by Crippen LogP contribution is 2.23. The molecule has 1 heterocycles. The lowest BCUT2D eigenvalue weighted by molar-refractivity contribution is 0.134. The zero-order chi connectivity index (χ0) is 12.3. The first kappa shape index (κ1) is 12.4. The summed E-state index contributed by atoms with van der Waals surface area (Å²) in [4.78, 5) is 2.39. The van der Waals surface area contributed by atoms with Crippen molar-refractivity contribution in [2.75, 3.05) is 12.3 Å². The Balaban J connectivity index is 2.11. The second-order valence-corrected chi connectivity index (χ2v) is 4.85. The number of anilines is 1. The molecule has 2 N–H and O–H groups in total. The highest BCUT2D eigenvalue weighted by Gasteiger charge is 2.21. The van der Waals surface area contributed by atoms with Crippen LogP contribution in [-0.2, 0) is 6.54 Å². The van der Waals surface area contributed by atoms with E-state index >= 15 is 0 Å². The summed E-state index contributed by atoms with van der Waals surface area (Å²) in [6, 6.07) is 5.89. The molecule has 0 aromatic heterocycles. The quantitative estimate of drug-likeness (QED) is 0.817. The van der Waals surface area contributed by atoms with Crippen molar-refractivity contribution in [3.63, 3.8) is 0 Å². The molecule has 17 heavy (non-hydrogen) atoms. The van der Waals surface area contributed by atoms with Crippen LogP contribution in [0.2, 0.25) is 0 Å². The number of hydrogen-bond acceptors (Lipinski definition) is 2. The number of piperidine rings is 1. The molecule has 0 bridgehead atoms. The number of benzene rings is 1. The first-order valence-electron chi connectivity index (χ1n) is 6.49. The average molecular weight is 236 g/mol. The van der Waals surface area contributed by atoms with Gasteiger partial charge in [-0.25, -0.2) is 4.39 Å². The second-order valence-electron chi connectivity index (χ2n) is 4.85. The van der Waals surface area contributed by atoms with Gasteiger partial charge in [0.05, 0.1) is 5.69 Å². The third kappa shape index (κ3) is 2.78. The number of rotatable bonds is 3. The van der Waals surface area contributed by atoms with E-state index in [1.807, 2.05) is 12.1 Å². The van der Waals surface area contributed by atoms with Crippen molar-refractivity contribution in [1.29, 1.82) is 0 Å². The van der Waals surface area contributed by atoms with Crippen LogP contribution in [-0.4, -0.2) is 17.5 Å². The Morgan fingerprint density at radius 3 is 3.00 bits per heavy atom. The van der Waals surface area contributed by atoms with E-state index in [2.05, 4.69) is 11.8 Å². The fourth-order valence-electron chi connectivity index (χ4n) is 2.67. The van der Waals surface area contributed by atoms with Crippen LogP contribution in [0.3, 0.4) is 0 Å². The number of likely N-dealkylation sites (tertiary alicyclic amines) is 1. The van der Waals surface area contributed by atoms with Crippen molar-refractivity contribution in [3.05, 3.63) is 29.6 Å². The van der Waals surface area contributed by atoms with E-state index in [0.29, 0.717) is 12.6 Å². The van der Waals surface area contributed by atoms with Crippen molar-refractivity contribution < 1.29 is 4.39 Å². The zero-order valence-electron chi connectivity index (χ0n) is 10.5. The molecular formula is C14H21FN2. The van der Waals surface area contributed by atoms with Gasteiger partial charge in [-0.1, -0.05) is 25.5 Å². The maximum absolute atomic E-state index is 13.8. The van der Waals surface area contributed by atoms with Crippen LogP contribution in [0.15, 0.2) is 18.2 Å². The summed E-state index contributed by atoms with van der Waals surface area (Å²) in [5.74, 6) is -0.243. The van der Waals surface area contributed by atoms with E-state index in [0.717, 1.165) is 18.5 Å². The molecular weight excluding hydrogens is 215 g/mol. The van der Waals surface area contributed by atoms with Crippen molar-refractivity contribution >= 4 is 5.69 Å². The van der Waals surface area contributed by atoms with Gasteiger partial charge in [-0.2, -0.15) is 0 Å². The summed E-state index contributed by atoms with van der Waals surface area (Å²) in [6.07, 6.45) is 4.90. The molecule has 0 spiro atoms. The fraction of sp³-hybridized carbons (Fsp3) is 0.571. The van der Waals surface area contributed by atoms with Gasteiger partial charge in [-0.05, 0) is 31.9 Å². The van der Waals surface area contributed by atoms with Crippen LogP contribution in [0.5, 0.6) is 0 Å². The summed E-state index contributed by atoms with van der Waals surface area (Å²) in [7, 11) is 0. The predicted octanol–water partition coefficient (Wildman–Crippen LogP) is 3.17. The van der Waals surface area contributed by atoms with Gasteiger partial charge < -0.3 is 5.73 Å². The zero-order valence-corrected chi connectivity index (χ0v) is 10.5. The van der Waals surface area contributed by atoms with Gasteiger partial charge in [0.2, 0.25) is 0 Å². The number of hydrogen-bond donors (Lipinski definition) is 1. The Labute approximate surface area is 103 Å². The van der Waals surface area contributed by atoms with E-state index in [-0.39, 0.29) is 11.5 Å². The largest absolute Gasteiger partial charge is 0.396 e. The van der Waals surface area contributed by atoms with Crippen molar-refractivity contribution in [2.24, 2.45) is 0 Å². The minimum Gasteiger partial charge on any atom is -0.396 e. The first-order chi connectivity index (χ1) is 8.22. The van der Waals surface area contributed by atoms with Crippen molar-refractivity contribution in [1.82, 2.24) is 4.90 Å². The Bertz CT molecular complexity index is 378.